The average molecular weight is 383 g/mol. The van der Waals surface area contributed by atoms with Gasteiger partial charge >= 0.3 is 0 Å². The van der Waals surface area contributed by atoms with Crippen molar-refractivity contribution in [1.29, 1.82) is 0 Å². The minimum Gasteiger partial charge on any atom is -0.337 e. The fourth-order valence-electron chi connectivity index (χ4n) is 3.47. The molecule has 0 aromatic heterocycles. The Hall–Kier alpha value is -2.73. The van der Waals surface area contributed by atoms with Gasteiger partial charge in [-0.3, -0.25) is 14.5 Å². The summed E-state index contributed by atoms with van der Waals surface area (Å²) >= 11 is 0. The van der Waals surface area contributed by atoms with Crippen molar-refractivity contribution < 1.29 is 14.0 Å². The van der Waals surface area contributed by atoms with E-state index in [9.17, 15) is 14.0 Å². The van der Waals surface area contributed by atoms with Gasteiger partial charge in [-0.1, -0.05) is 23.8 Å². The molecule has 28 heavy (non-hydrogen) atoms. The molecule has 1 unspecified atom stereocenters. The van der Waals surface area contributed by atoms with Gasteiger partial charge in [-0.15, -0.1) is 0 Å². The molecular weight excluding hydrogens is 357 g/mol. The molecule has 1 heterocycles. The predicted octanol–water partition coefficient (Wildman–Crippen LogP) is 3.31. The van der Waals surface area contributed by atoms with Crippen LogP contribution in [0.25, 0.3) is 0 Å². The first-order chi connectivity index (χ1) is 13.4. The zero-order chi connectivity index (χ0) is 20.1. The average Bonchev–Trinajstić information content (AvgIpc) is 2.93. The van der Waals surface area contributed by atoms with Crippen LogP contribution < -0.4 is 5.32 Å². The third-order valence-electron chi connectivity index (χ3n) is 5.10. The molecule has 1 fully saturated rings. The van der Waals surface area contributed by atoms with Crippen LogP contribution in [0.15, 0.2) is 48.5 Å². The highest BCUT2D eigenvalue weighted by atomic mass is 19.1. The van der Waals surface area contributed by atoms with E-state index < -0.39 is 0 Å². The van der Waals surface area contributed by atoms with Crippen molar-refractivity contribution in [2.75, 3.05) is 31.5 Å². The predicted molar refractivity (Wildman–Crippen MR) is 108 cm³/mol. The van der Waals surface area contributed by atoms with Crippen LogP contribution in [-0.2, 0) is 4.79 Å². The Balaban J connectivity index is 1.59. The van der Waals surface area contributed by atoms with Crippen LogP contribution in [0.4, 0.5) is 10.1 Å². The highest BCUT2D eigenvalue weighted by Crippen LogP contribution is 2.14. The summed E-state index contributed by atoms with van der Waals surface area (Å²) in [6.45, 7) is 6.41. The molecule has 6 heteroatoms. The lowest BCUT2D eigenvalue weighted by Gasteiger charge is -2.27. The number of nitrogens with one attached hydrogen (secondary N) is 1. The zero-order valence-corrected chi connectivity index (χ0v) is 16.3. The van der Waals surface area contributed by atoms with Crippen LogP contribution in [0.5, 0.6) is 0 Å². The van der Waals surface area contributed by atoms with Crippen molar-refractivity contribution in [3.63, 3.8) is 0 Å². The lowest BCUT2D eigenvalue weighted by molar-refractivity contribution is -0.120. The third kappa shape index (κ3) is 4.95. The Bertz CT molecular complexity index is 855. The van der Waals surface area contributed by atoms with Crippen molar-refractivity contribution in [1.82, 2.24) is 9.80 Å². The number of benzene rings is 2. The zero-order valence-electron chi connectivity index (χ0n) is 16.3. The van der Waals surface area contributed by atoms with E-state index in [-0.39, 0.29) is 23.7 Å². The lowest BCUT2D eigenvalue weighted by Crippen LogP contribution is -2.44. The second-order valence-electron chi connectivity index (χ2n) is 7.23. The summed E-state index contributed by atoms with van der Waals surface area (Å²) in [5.41, 5.74) is 2.21. The smallest absolute Gasteiger partial charge is 0.253 e. The molecule has 2 aromatic rings. The Labute approximate surface area is 165 Å². The second kappa shape index (κ2) is 8.97. The van der Waals surface area contributed by atoms with E-state index in [4.69, 9.17) is 0 Å². The van der Waals surface area contributed by atoms with Gasteiger partial charge in [0.25, 0.3) is 5.91 Å². The fourth-order valence-corrected chi connectivity index (χ4v) is 3.47. The molecule has 148 valence electrons. The Kier molecular flexibility index (Phi) is 6.41. The molecule has 3 rings (SSSR count). The molecule has 2 amide bonds. The monoisotopic (exact) mass is 383 g/mol. The van der Waals surface area contributed by atoms with Crippen molar-refractivity contribution in [2.45, 2.75) is 26.3 Å². The van der Waals surface area contributed by atoms with Gasteiger partial charge in [-0.25, -0.2) is 4.39 Å². The summed E-state index contributed by atoms with van der Waals surface area (Å²) in [5, 5.41) is 2.77. The molecular formula is C22H26FN3O2. The van der Waals surface area contributed by atoms with Gasteiger partial charge in [0.1, 0.15) is 5.82 Å². The molecule has 0 radical (unpaired) electrons. The summed E-state index contributed by atoms with van der Waals surface area (Å²) < 4.78 is 13.3. The highest BCUT2D eigenvalue weighted by molar-refractivity contribution is 5.95. The number of rotatable bonds is 4. The molecule has 0 spiro atoms. The van der Waals surface area contributed by atoms with Gasteiger partial charge in [0.2, 0.25) is 5.91 Å². The molecule has 2 aromatic carbocycles. The van der Waals surface area contributed by atoms with Crippen LogP contribution in [-0.4, -0.2) is 53.8 Å². The Morgan fingerprint density at radius 1 is 1.04 bits per heavy atom. The maximum Gasteiger partial charge on any atom is 0.253 e. The standard InChI is InChI=1S/C22H26FN3O2/c1-16-6-3-7-18(14-16)22(28)26-11-5-10-25(12-13-26)17(2)21(27)24-20-9-4-8-19(23)15-20/h3-4,6-9,14-15,17H,5,10-13H2,1-2H3,(H,24,27). The van der Waals surface area contributed by atoms with Gasteiger partial charge in [0.15, 0.2) is 0 Å². The summed E-state index contributed by atoms with van der Waals surface area (Å²) in [6.07, 6.45) is 0.801. The molecule has 1 atom stereocenters. The van der Waals surface area contributed by atoms with Gasteiger partial charge in [0, 0.05) is 37.4 Å². The first-order valence-electron chi connectivity index (χ1n) is 9.60. The van der Waals surface area contributed by atoms with Crippen molar-refractivity contribution in [3.05, 3.63) is 65.5 Å². The molecule has 1 N–H and O–H groups in total. The van der Waals surface area contributed by atoms with Gasteiger partial charge < -0.3 is 10.2 Å². The normalized spacial score (nSPS) is 16.3. The quantitative estimate of drug-likeness (QED) is 0.881. The number of nitrogens with zero attached hydrogens (tertiary/aromatic N) is 2. The van der Waals surface area contributed by atoms with E-state index in [1.165, 1.54) is 12.1 Å². The maximum absolute atomic E-state index is 13.3. The molecule has 1 aliphatic rings. The summed E-state index contributed by atoms with van der Waals surface area (Å²) in [7, 11) is 0. The first-order valence-corrected chi connectivity index (χ1v) is 9.60. The second-order valence-corrected chi connectivity index (χ2v) is 7.23. The number of halogens is 1. The first kappa shape index (κ1) is 20.0. The van der Waals surface area contributed by atoms with E-state index in [1.54, 1.807) is 12.1 Å². The summed E-state index contributed by atoms with van der Waals surface area (Å²) in [4.78, 5) is 29.3. The summed E-state index contributed by atoms with van der Waals surface area (Å²) in [6, 6.07) is 13.1. The van der Waals surface area contributed by atoms with E-state index in [0.717, 1.165) is 18.5 Å². The molecule has 0 bridgehead atoms. The Morgan fingerprint density at radius 3 is 2.57 bits per heavy atom. The highest BCUT2D eigenvalue weighted by Gasteiger charge is 2.26. The van der Waals surface area contributed by atoms with E-state index >= 15 is 0 Å². The molecule has 1 aliphatic heterocycles. The van der Waals surface area contributed by atoms with Crippen molar-refractivity contribution in [2.24, 2.45) is 0 Å². The molecule has 5 nitrogen and oxygen atoms in total. The van der Waals surface area contributed by atoms with Gasteiger partial charge in [-0.05, 0) is 50.6 Å². The number of amides is 2. The van der Waals surface area contributed by atoms with Gasteiger partial charge in [0.05, 0.1) is 6.04 Å². The number of anilines is 1. The molecule has 0 saturated carbocycles. The van der Waals surface area contributed by atoms with Crippen LogP contribution in [0.1, 0.15) is 29.3 Å². The molecule has 0 aliphatic carbocycles. The van der Waals surface area contributed by atoms with Crippen LogP contribution in [0.2, 0.25) is 0 Å². The SMILES string of the molecule is Cc1cccc(C(=O)N2CCCN(C(C)C(=O)Nc3cccc(F)c3)CC2)c1. The molecule has 1 saturated heterocycles. The third-order valence-corrected chi connectivity index (χ3v) is 5.10. The number of carbonyl (C=O) groups is 2. The minimum atomic E-state index is -0.384. The summed E-state index contributed by atoms with van der Waals surface area (Å²) in [5.74, 6) is -0.531. The van der Waals surface area contributed by atoms with Crippen molar-refractivity contribution >= 4 is 17.5 Å². The van der Waals surface area contributed by atoms with E-state index in [1.807, 2.05) is 43.0 Å². The number of hydrogen-bond donors (Lipinski definition) is 1. The largest absolute Gasteiger partial charge is 0.337 e. The minimum absolute atomic E-state index is 0.0300. The number of aryl methyl sites for hydroxylation is 1. The number of carbonyl (C=O) groups excluding carboxylic acids is 2. The van der Waals surface area contributed by atoms with Crippen molar-refractivity contribution in [3.8, 4) is 0 Å². The van der Waals surface area contributed by atoms with E-state index in [2.05, 4.69) is 10.2 Å². The Morgan fingerprint density at radius 2 is 1.82 bits per heavy atom. The lowest BCUT2D eigenvalue weighted by atomic mass is 10.1. The van der Waals surface area contributed by atoms with Crippen LogP contribution in [0.3, 0.4) is 0 Å². The van der Waals surface area contributed by atoms with Gasteiger partial charge in [-0.2, -0.15) is 0 Å². The maximum atomic E-state index is 13.3. The van der Waals surface area contributed by atoms with Crippen LogP contribution >= 0.6 is 0 Å². The number of hydrogen-bond acceptors (Lipinski definition) is 3. The van der Waals surface area contributed by atoms with Crippen LogP contribution in [0, 0.1) is 12.7 Å². The van der Waals surface area contributed by atoms with E-state index in [0.29, 0.717) is 30.9 Å². The fraction of sp³-hybridized carbons (Fsp3) is 0.364. The topological polar surface area (TPSA) is 52.7 Å².